The number of carbonyl (C=O) groups is 1. The van der Waals surface area contributed by atoms with Gasteiger partial charge in [-0.05, 0) is 25.0 Å². The first kappa shape index (κ1) is 22.1. The van der Waals surface area contributed by atoms with E-state index in [4.69, 9.17) is 10.9 Å². The van der Waals surface area contributed by atoms with Crippen molar-refractivity contribution in [2.75, 3.05) is 25.0 Å². The van der Waals surface area contributed by atoms with Gasteiger partial charge in [0, 0.05) is 38.2 Å². The van der Waals surface area contributed by atoms with Gasteiger partial charge >= 0.3 is 0 Å². The summed E-state index contributed by atoms with van der Waals surface area (Å²) in [6.07, 6.45) is 1.91. The molecule has 1 atom stereocenters. The van der Waals surface area contributed by atoms with Crippen molar-refractivity contribution in [3.05, 3.63) is 28.3 Å². The predicted octanol–water partition coefficient (Wildman–Crippen LogP) is 0.416. The zero-order valence-electron chi connectivity index (χ0n) is 14.0. The van der Waals surface area contributed by atoms with E-state index in [1.807, 2.05) is 0 Å². The average Bonchev–Trinajstić information content (AvgIpc) is 2.53. The van der Waals surface area contributed by atoms with Crippen molar-refractivity contribution < 1.29 is 18.1 Å². The van der Waals surface area contributed by atoms with Crippen LogP contribution in [0.2, 0.25) is 0 Å². The molecule has 1 aromatic rings. The van der Waals surface area contributed by atoms with Gasteiger partial charge < -0.3 is 16.0 Å². The van der Waals surface area contributed by atoms with Gasteiger partial charge in [-0.1, -0.05) is 0 Å². The first-order chi connectivity index (χ1) is 11.7. The molecule has 1 aliphatic heterocycles. The first-order valence-corrected chi connectivity index (χ1v) is 9.31. The van der Waals surface area contributed by atoms with Crippen LogP contribution in [0.15, 0.2) is 23.1 Å². The number of nitrogens with one attached hydrogen (secondary N) is 1. The average molecular weight is 408 g/mol. The number of nitro benzene ring substituents is 1. The van der Waals surface area contributed by atoms with Crippen LogP contribution in [-0.4, -0.2) is 49.8 Å². The van der Waals surface area contributed by atoms with Gasteiger partial charge in [0.1, 0.15) is 5.69 Å². The highest BCUT2D eigenvalue weighted by atomic mass is 35.5. The number of piperidine rings is 1. The second-order valence-electron chi connectivity index (χ2n) is 5.90. The number of amides is 1. The molecule has 26 heavy (non-hydrogen) atoms. The van der Waals surface area contributed by atoms with Crippen molar-refractivity contribution >= 4 is 39.7 Å². The molecule has 0 bridgehead atoms. The fourth-order valence-electron chi connectivity index (χ4n) is 2.69. The second kappa shape index (κ2) is 9.12. The van der Waals surface area contributed by atoms with Crippen molar-refractivity contribution in [3.63, 3.8) is 0 Å². The Balaban J connectivity index is 0.00000338. The molecule has 1 amide bonds. The molecule has 0 aromatic heterocycles. The summed E-state index contributed by atoms with van der Waals surface area (Å²) in [5.41, 5.74) is 5.55. The number of primary sulfonamides is 1. The summed E-state index contributed by atoms with van der Waals surface area (Å²) in [5.74, 6) is -0.0774. The molecule has 1 aromatic carbocycles. The minimum absolute atomic E-state index is 0. The molecule has 2 rings (SSSR count). The Bertz CT molecular complexity index is 773. The molecule has 10 nitrogen and oxygen atoms in total. The quantitative estimate of drug-likeness (QED) is 0.454. The molecule has 0 saturated carbocycles. The van der Waals surface area contributed by atoms with Gasteiger partial charge in [-0.3, -0.25) is 14.9 Å². The number of anilines is 1. The van der Waals surface area contributed by atoms with Gasteiger partial charge in [-0.25, -0.2) is 13.6 Å². The Morgan fingerprint density at radius 2 is 2.12 bits per heavy atom. The molecular formula is C14H22ClN5O5S. The Labute approximate surface area is 157 Å². The summed E-state index contributed by atoms with van der Waals surface area (Å²) in [5, 5.41) is 18.9. The van der Waals surface area contributed by atoms with Crippen LogP contribution >= 0.6 is 12.4 Å². The number of likely N-dealkylation sites (tertiary alicyclic amines) is 1. The van der Waals surface area contributed by atoms with Crippen LogP contribution < -0.4 is 16.2 Å². The molecule has 146 valence electrons. The fraction of sp³-hybridized carbons (Fsp3) is 0.500. The van der Waals surface area contributed by atoms with Crippen molar-refractivity contribution in [2.45, 2.75) is 30.2 Å². The van der Waals surface area contributed by atoms with Crippen LogP contribution in [0.25, 0.3) is 0 Å². The van der Waals surface area contributed by atoms with Gasteiger partial charge in [-0.2, -0.15) is 0 Å². The number of hydrogen-bond donors (Lipinski definition) is 3. The van der Waals surface area contributed by atoms with Crippen LogP contribution in [0.4, 0.5) is 11.4 Å². The molecule has 1 heterocycles. The molecule has 1 saturated heterocycles. The predicted molar refractivity (Wildman–Crippen MR) is 98.6 cm³/mol. The Morgan fingerprint density at radius 3 is 2.69 bits per heavy atom. The minimum atomic E-state index is -4.03. The molecule has 5 N–H and O–H groups in total. The fourth-order valence-corrected chi connectivity index (χ4v) is 3.22. The molecule has 1 aliphatic rings. The SMILES string of the molecule is Cl.NC1CCCN(C(=O)CCNc2ccc(S(N)(=O)=O)cc2[N+](=O)[O-])C1. The molecule has 0 aliphatic carbocycles. The number of nitrogens with two attached hydrogens (primary N) is 2. The lowest BCUT2D eigenvalue weighted by molar-refractivity contribution is -0.384. The number of sulfonamides is 1. The lowest BCUT2D eigenvalue weighted by Crippen LogP contribution is -2.46. The van der Waals surface area contributed by atoms with Crippen LogP contribution in [0.3, 0.4) is 0 Å². The number of rotatable bonds is 6. The summed E-state index contributed by atoms with van der Waals surface area (Å²) >= 11 is 0. The monoisotopic (exact) mass is 407 g/mol. The molecule has 12 heteroatoms. The number of benzene rings is 1. The van der Waals surface area contributed by atoms with E-state index in [-0.39, 0.29) is 47.9 Å². The summed E-state index contributed by atoms with van der Waals surface area (Å²) in [7, 11) is -4.03. The third-order valence-corrected chi connectivity index (χ3v) is 4.87. The maximum absolute atomic E-state index is 12.1. The van der Waals surface area contributed by atoms with Gasteiger partial charge in [0.15, 0.2) is 0 Å². The van der Waals surface area contributed by atoms with Gasteiger partial charge in [0.25, 0.3) is 5.69 Å². The molecule has 1 unspecified atom stereocenters. The molecule has 0 radical (unpaired) electrons. The standard InChI is InChI=1S/C14H21N5O5S.ClH/c15-10-2-1-7-18(9-10)14(20)5-6-17-12-4-3-11(25(16,23)24)8-13(12)19(21)22;/h3-4,8,10,17H,1-2,5-7,9,15H2,(H2,16,23,24);1H. The number of nitro groups is 1. The molecule has 1 fully saturated rings. The van der Waals surface area contributed by atoms with Crippen LogP contribution in [0.5, 0.6) is 0 Å². The van der Waals surface area contributed by atoms with Crippen LogP contribution in [0, 0.1) is 10.1 Å². The lowest BCUT2D eigenvalue weighted by Gasteiger charge is -2.30. The van der Waals surface area contributed by atoms with E-state index in [1.165, 1.54) is 12.1 Å². The van der Waals surface area contributed by atoms with Crippen molar-refractivity contribution in [2.24, 2.45) is 10.9 Å². The third kappa shape index (κ3) is 5.80. The van der Waals surface area contributed by atoms with Crippen molar-refractivity contribution in [3.8, 4) is 0 Å². The highest BCUT2D eigenvalue weighted by Gasteiger charge is 2.22. The summed E-state index contributed by atoms with van der Waals surface area (Å²) in [6.45, 7) is 1.36. The van der Waals surface area contributed by atoms with Crippen molar-refractivity contribution in [1.29, 1.82) is 0 Å². The number of carbonyl (C=O) groups excluding carboxylic acids is 1. The van der Waals surface area contributed by atoms with Gasteiger partial charge in [0.2, 0.25) is 15.9 Å². The number of hydrogen-bond acceptors (Lipinski definition) is 7. The topological polar surface area (TPSA) is 162 Å². The number of nitrogens with zero attached hydrogens (tertiary/aromatic N) is 2. The third-order valence-electron chi connectivity index (χ3n) is 3.96. The van der Waals surface area contributed by atoms with Crippen LogP contribution in [-0.2, 0) is 14.8 Å². The van der Waals surface area contributed by atoms with E-state index in [0.717, 1.165) is 18.9 Å². The van der Waals surface area contributed by atoms with Gasteiger partial charge in [-0.15, -0.1) is 12.4 Å². The van der Waals surface area contributed by atoms with Gasteiger partial charge in [0.05, 0.1) is 9.82 Å². The smallest absolute Gasteiger partial charge is 0.293 e. The van der Waals surface area contributed by atoms with E-state index in [9.17, 15) is 23.3 Å². The van der Waals surface area contributed by atoms with E-state index in [0.29, 0.717) is 13.1 Å². The Hall–Kier alpha value is -1.95. The first-order valence-electron chi connectivity index (χ1n) is 7.77. The summed E-state index contributed by atoms with van der Waals surface area (Å²) < 4.78 is 22.6. The Kier molecular flexibility index (Phi) is 7.75. The highest BCUT2D eigenvalue weighted by molar-refractivity contribution is 7.89. The zero-order valence-corrected chi connectivity index (χ0v) is 15.6. The van der Waals surface area contributed by atoms with E-state index < -0.39 is 20.6 Å². The molecular weight excluding hydrogens is 386 g/mol. The Morgan fingerprint density at radius 1 is 1.42 bits per heavy atom. The van der Waals surface area contributed by atoms with E-state index in [2.05, 4.69) is 5.32 Å². The lowest BCUT2D eigenvalue weighted by atomic mass is 10.1. The van der Waals surface area contributed by atoms with E-state index in [1.54, 1.807) is 4.90 Å². The number of halogens is 1. The normalized spacial score (nSPS) is 17.3. The summed E-state index contributed by atoms with van der Waals surface area (Å²) in [6, 6.07) is 3.32. The highest BCUT2D eigenvalue weighted by Crippen LogP contribution is 2.27. The van der Waals surface area contributed by atoms with Crippen molar-refractivity contribution in [1.82, 2.24) is 4.90 Å². The van der Waals surface area contributed by atoms with E-state index >= 15 is 0 Å². The maximum Gasteiger partial charge on any atom is 0.293 e. The van der Waals surface area contributed by atoms with Crippen LogP contribution in [0.1, 0.15) is 19.3 Å². The minimum Gasteiger partial charge on any atom is -0.379 e. The zero-order chi connectivity index (χ0) is 18.6. The summed E-state index contributed by atoms with van der Waals surface area (Å²) in [4.78, 5) is 23.9. The maximum atomic E-state index is 12.1. The molecule has 0 spiro atoms. The largest absolute Gasteiger partial charge is 0.379 e. The second-order valence-corrected chi connectivity index (χ2v) is 7.46.